The summed E-state index contributed by atoms with van der Waals surface area (Å²) in [4.78, 5) is 11.7. The number of hydrogen-bond acceptors (Lipinski definition) is 3. The number of rotatable bonds is 9. The average molecular weight is 412 g/mol. The molecule has 154 valence electrons. The molecule has 0 unspecified atom stereocenters. The van der Waals surface area contributed by atoms with Crippen LogP contribution < -0.4 is 10.5 Å². The van der Waals surface area contributed by atoms with E-state index in [1.165, 1.54) is 5.56 Å². The van der Waals surface area contributed by atoms with Crippen LogP contribution in [0.25, 0.3) is 10.9 Å². The molecule has 3 rings (SSSR count). The van der Waals surface area contributed by atoms with Gasteiger partial charge in [-0.3, -0.25) is 4.79 Å². The first-order valence-electron chi connectivity index (χ1n) is 9.85. The minimum absolute atomic E-state index is 0.197. The SMILES string of the molecule is Cc1c(CC(N)=O)c2cc(OCCCP(C)(C)=O)ccc2n1Cc1ccccc1. The zero-order valence-corrected chi connectivity index (χ0v) is 18.2. The van der Waals surface area contributed by atoms with Crippen molar-refractivity contribution in [1.82, 2.24) is 4.57 Å². The Morgan fingerprint density at radius 3 is 2.52 bits per heavy atom. The lowest BCUT2D eigenvalue weighted by Gasteiger charge is -2.10. The van der Waals surface area contributed by atoms with Crippen LogP contribution in [0.15, 0.2) is 48.5 Å². The molecule has 0 saturated heterocycles. The van der Waals surface area contributed by atoms with E-state index in [1.54, 1.807) is 13.3 Å². The number of nitrogens with zero attached hydrogens (tertiary/aromatic N) is 1. The van der Waals surface area contributed by atoms with E-state index in [9.17, 15) is 9.36 Å². The van der Waals surface area contributed by atoms with Crippen LogP contribution in [0.3, 0.4) is 0 Å². The number of carbonyl (C=O) groups is 1. The van der Waals surface area contributed by atoms with Crippen molar-refractivity contribution in [2.75, 3.05) is 26.1 Å². The van der Waals surface area contributed by atoms with Gasteiger partial charge in [-0.25, -0.2) is 0 Å². The lowest BCUT2D eigenvalue weighted by atomic mass is 10.1. The molecule has 0 atom stereocenters. The minimum Gasteiger partial charge on any atom is -0.494 e. The van der Waals surface area contributed by atoms with E-state index in [4.69, 9.17) is 10.5 Å². The van der Waals surface area contributed by atoms with Gasteiger partial charge in [-0.2, -0.15) is 0 Å². The molecule has 1 aromatic heterocycles. The highest BCUT2D eigenvalue weighted by atomic mass is 31.2. The van der Waals surface area contributed by atoms with Crippen molar-refractivity contribution in [2.24, 2.45) is 5.73 Å². The number of benzene rings is 2. The van der Waals surface area contributed by atoms with E-state index in [-0.39, 0.29) is 12.3 Å². The van der Waals surface area contributed by atoms with Gasteiger partial charge in [-0.1, -0.05) is 30.3 Å². The quantitative estimate of drug-likeness (QED) is 0.418. The van der Waals surface area contributed by atoms with Gasteiger partial charge < -0.3 is 19.6 Å². The summed E-state index contributed by atoms with van der Waals surface area (Å²) in [6.45, 7) is 6.87. The molecule has 0 radical (unpaired) electrons. The Bertz CT molecular complexity index is 1050. The molecular formula is C23H29N2O3P. The molecule has 0 fully saturated rings. The number of ether oxygens (including phenoxy) is 1. The normalized spacial score (nSPS) is 11.7. The molecule has 0 aliphatic carbocycles. The molecule has 29 heavy (non-hydrogen) atoms. The third-order valence-electron chi connectivity index (χ3n) is 5.07. The molecule has 0 spiro atoms. The highest BCUT2D eigenvalue weighted by molar-refractivity contribution is 7.62. The fourth-order valence-electron chi connectivity index (χ4n) is 3.62. The maximum absolute atomic E-state index is 11.8. The second kappa shape index (κ2) is 8.87. The topological polar surface area (TPSA) is 74.3 Å². The van der Waals surface area contributed by atoms with E-state index < -0.39 is 7.14 Å². The van der Waals surface area contributed by atoms with Crippen LogP contribution in [0, 0.1) is 6.92 Å². The van der Waals surface area contributed by atoms with Gasteiger partial charge in [0.05, 0.1) is 20.2 Å². The number of primary amides is 1. The van der Waals surface area contributed by atoms with Crippen LogP contribution in [-0.4, -0.2) is 36.6 Å². The Hall–Kier alpha value is -2.52. The smallest absolute Gasteiger partial charge is 0.221 e. The molecule has 3 aromatic rings. The first-order chi connectivity index (χ1) is 13.7. The Kier molecular flexibility index (Phi) is 6.49. The summed E-state index contributed by atoms with van der Waals surface area (Å²) in [5, 5.41) is 0.992. The largest absolute Gasteiger partial charge is 0.494 e. The van der Waals surface area contributed by atoms with Gasteiger partial charge in [0.1, 0.15) is 5.75 Å². The highest BCUT2D eigenvalue weighted by Gasteiger charge is 2.17. The van der Waals surface area contributed by atoms with E-state index in [2.05, 4.69) is 16.7 Å². The van der Waals surface area contributed by atoms with Gasteiger partial charge >= 0.3 is 0 Å². The van der Waals surface area contributed by atoms with Gasteiger partial charge in [0.25, 0.3) is 0 Å². The second-order valence-corrected chi connectivity index (χ2v) is 11.6. The Labute approximate surface area is 172 Å². The molecule has 2 N–H and O–H groups in total. The van der Waals surface area contributed by atoms with Crippen molar-refractivity contribution in [3.8, 4) is 5.75 Å². The first-order valence-corrected chi connectivity index (χ1v) is 12.6. The van der Waals surface area contributed by atoms with Crippen LogP contribution in [0.4, 0.5) is 0 Å². The number of fused-ring (bicyclic) bond motifs is 1. The van der Waals surface area contributed by atoms with Gasteiger partial charge in [0.2, 0.25) is 5.91 Å². The average Bonchev–Trinajstić information content (AvgIpc) is 2.90. The summed E-state index contributed by atoms with van der Waals surface area (Å²) >= 11 is 0. The second-order valence-electron chi connectivity index (χ2n) is 7.96. The van der Waals surface area contributed by atoms with Gasteiger partial charge in [0, 0.05) is 29.3 Å². The van der Waals surface area contributed by atoms with Crippen molar-refractivity contribution in [2.45, 2.75) is 26.3 Å². The number of amides is 1. The number of nitrogens with two attached hydrogens (primary N) is 1. The molecule has 0 saturated carbocycles. The lowest BCUT2D eigenvalue weighted by Crippen LogP contribution is -2.14. The summed E-state index contributed by atoms with van der Waals surface area (Å²) in [5.41, 5.74) is 9.76. The van der Waals surface area contributed by atoms with Crippen molar-refractivity contribution >= 4 is 24.0 Å². The van der Waals surface area contributed by atoms with E-state index in [0.717, 1.165) is 40.9 Å². The molecule has 6 heteroatoms. The minimum atomic E-state index is -2.02. The third kappa shape index (κ3) is 5.51. The standard InChI is InChI=1S/C23H29N2O3P/c1-17-20(15-23(24)26)21-14-19(28-12-7-13-29(2,3)27)10-11-22(21)25(17)16-18-8-5-4-6-9-18/h4-6,8-11,14H,7,12-13,15-16H2,1-3H3,(H2,24,26). The van der Waals surface area contributed by atoms with Crippen molar-refractivity contribution in [3.05, 3.63) is 65.4 Å². The molecule has 0 bridgehead atoms. The molecule has 5 nitrogen and oxygen atoms in total. The van der Waals surface area contributed by atoms with Crippen LogP contribution in [0.2, 0.25) is 0 Å². The van der Waals surface area contributed by atoms with Crippen LogP contribution in [-0.2, 0) is 22.3 Å². The Balaban J connectivity index is 1.91. The number of aromatic nitrogens is 1. The molecular weight excluding hydrogens is 383 g/mol. The monoisotopic (exact) mass is 412 g/mol. The Morgan fingerprint density at radius 1 is 1.14 bits per heavy atom. The van der Waals surface area contributed by atoms with Gasteiger partial charge in [-0.05, 0) is 56.0 Å². The van der Waals surface area contributed by atoms with E-state index in [0.29, 0.717) is 12.8 Å². The van der Waals surface area contributed by atoms with Crippen LogP contribution >= 0.6 is 7.14 Å². The van der Waals surface area contributed by atoms with Crippen molar-refractivity contribution in [3.63, 3.8) is 0 Å². The maximum Gasteiger partial charge on any atom is 0.221 e. The summed E-state index contributed by atoms with van der Waals surface area (Å²) in [6, 6.07) is 16.2. The van der Waals surface area contributed by atoms with Crippen molar-refractivity contribution < 1.29 is 14.1 Å². The molecule has 0 aliphatic rings. The summed E-state index contributed by atoms with van der Waals surface area (Å²) in [5.74, 6) is 0.405. The van der Waals surface area contributed by atoms with Gasteiger partial charge in [-0.15, -0.1) is 0 Å². The fraction of sp³-hybridized carbons (Fsp3) is 0.348. The molecule has 2 aromatic carbocycles. The summed E-state index contributed by atoms with van der Waals surface area (Å²) in [7, 11) is -2.02. The van der Waals surface area contributed by atoms with Crippen LogP contribution in [0.5, 0.6) is 5.75 Å². The first kappa shape index (κ1) is 21.2. The highest BCUT2D eigenvalue weighted by Crippen LogP contribution is 2.36. The van der Waals surface area contributed by atoms with Crippen molar-refractivity contribution in [1.29, 1.82) is 0 Å². The zero-order chi connectivity index (χ0) is 21.0. The predicted octanol–water partition coefficient (Wildman–Crippen LogP) is 4.42. The van der Waals surface area contributed by atoms with E-state index >= 15 is 0 Å². The van der Waals surface area contributed by atoms with Crippen LogP contribution in [0.1, 0.15) is 23.2 Å². The fourth-order valence-corrected chi connectivity index (χ4v) is 4.51. The lowest BCUT2D eigenvalue weighted by molar-refractivity contribution is -0.117. The molecule has 0 aliphatic heterocycles. The zero-order valence-electron chi connectivity index (χ0n) is 17.4. The summed E-state index contributed by atoms with van der Waals surface area (Å²) < 4.78 is 19.9. The number of hydrogen-bond donors (Lipinski definition) is 1. The third-order valence-corrected chi connectivity index (χ3v) is 6.46. The molecule has 1 heterocycles. The maximum atomic E-state index is 11.8. The predicted molar refractivity (Wildman–Crippen MR) is 120 cm³/mol. The summed E-state index contributed by atoms with van der Waals surface area (Å²) in [6.07, 6.45) is 1.63. The van der Waals surface area contributed by atoms with Gasteiger partial charge in [0.15, 0.2) is 0 Å². The molecule has 1 amide bonds. The number of carbonyl (C=O) groups excluding carboxylic acids is 1. The Morgan fingerprint density at radius 2 is 1.86 bits per heavy atom. The van der Waals surface area contributed by atoms with E-state index in [1.807, 2.05) is 43.3 Å².